The van der Waals surface area contributed by atoms with Crippen LogP contribution in [-0.4, -0.2) is 9.97 Å². The first-order valence-corrected chi connectivity index (χ1v) is 4.10. The molecule has 1 aromatic rings. The number of imidazole rings is 1. The first-order chi connectivity index (χ1) is 4.20. The minimum absolute atomic E-state index is 0.531. The van der Waals surface area contributed by atoms with Gasteiger partial charge in [0.2, 0.25) is 0 Å². The number of hydrogen-bond donors (Lipinski definition) is 1. The van der Waals surface area contributed by atoms with Gasteiger partial charge in [-0.05, 0) is 13.8 Å². The van der Waals surface area contributed by atoms with Gasteiger partial charge >= 0.3 is 0 Å². The van der Waals surface area contributed by atoms with Crippen molar-refractivity contribution in [2.45, 2.75) is 17.8 Å². The number of aryl methyl sites for hydroxylation is 1. The quantitative estimate of drug-likeness (QED) is 0.587. The van der Waals surface area contributed by atoms with Gasteiger partial charge in [-0.2, -0.15) is 0 Å². The molecule has 1 aromatic heterocycles. The Labute approximate surface area is 68.2 Å². The van der Waals surface area contributed by atoms with Crippen LogP contribution in [0.25, 0.3) is 0 Å². The molecule has 0 aromatic carbocycles. The van der Waals surface area contributed by atoms with Crippen molar-refractivity contribution < 1.29 is 0 Å². The lowest BCUT2D eigenvalue weighted by molar-refractivity contribution is 1.04. The SMILES string of the molecule is Cc1ncc(C(C)I)[nH]1. The van der Waals surface area contributed by atoms with Crippen molar-refractivity contribution in [3.63, 3.8) is 0 Å². The molecule has 0 saturated carbocycles. The number of aromatic nitrogens is 2. The Morgan fingerprint density at radius 2 is 2.44 bits per heavy atom. The summed E-state index contributed by atoms with van der Waals surface area (Å²) in [6.45, 7) is 4.09. The molecule has 0 radical (unpaired) electrons. The van der Waals surface area contributed by atoms with Gasteiger partial charge in [-0.3, -0.25) is 0 Å². The summed E-state index contributed by atoms with van der Waals surface area (Å²) in [6, 6.07) is 0. The molecule has 3 heteroatoms. The molecular weight excluding hydrogens is 227 g/mol. The topological polar surface area (TPSA) is 28.7 Å². The molecule has 1 rings (SSSR count). The van der Waals surface area contributed by atoms with E-state index in [4.69, 9.17) is 0 Å². The highest BCUT2D eigenvalue weighted by atomic mass is 127. The van der Waals surface area contributed by atoms with E-state index in [2.05, 4.69) is 39.5 Å². The zero-order valence-electron chi connectivity index (χ0n) is 5.48. The molecular formula is C6H9IN2. The van der Waals surface area contributed by atoms with Crippen molar-refractivity contribution in [3.8, 4) is 0 Å². The number of rotatable bonds is 1. The monoisotopic (exact) mass is 236 g/mol. The van der Waals surface area contributed by atoms with Crippen molar-refractivity contribution in [1.82, 2.24) is 9.97 Å². The van der Waals surface area contributed by atoms with E-state index < -0.39 is 0 Å². The Kier molecular flexibility index (Phi) is 2.10. The highest BCUT2D eigenvalue weighted by Gasteiger charge is 2.00. The van der Waals surface area contributed by atoms with Gasteiger partial charge < -0.3 is 4.98 Å². The number of nitrogens with one attached hydrogen (secondary N) is 1. The van der Waals surface area contributed by atoms with Gasteiger partial charge in [0, 0.05) is 15.8 Å². The summed E-state index contributed by atoms with van der Waals surface area (Å²) >= 11 is 2.35. The summed E-state index contributed by atoms with van der Waals surface area (Å²) < 4.78 is 0.531. The number of halogens is 1. The minimum atomic E-state index is 0.531. The lowest BCUT2D eigenvalue weighted by Gasteiger charge is -1.94. The second kappa shape index (κ2) is 2.68. The summed E-state index contributed by atoms with van der Waals surface area (Å²) in [6.07, 6.45) is 1.88. The van der Waals surface area contributed by atoms with Gasteiger partial charge in [-0.25, -0.2) is 4.98 Å². The fourth-order valence-corrected chi connectivity index (χ4v) is 0.958. The number of hydrogen-bond acceptors (Lipinski definition) is 1. The summed E-state index contributed by atoms with van der Waals surface area (Å²) in [5.74, 6) is 0.994. The standard InChI is InChI=1S/C6H9IN2/c1-4(7)6-3-8-5(2)9-6/h3-4H,1-2H3,(H,8,9). The normalized spacial score (nSPS) is 13.7. The van der Waals surface area contributed by atoms with E-state index in [0.717, 1.165) is 5.82 Å². The van der Waals surface area contributed by atoms with Crippen molar-refractivity contribution in [2.75, 3.05) is 0 Å². The van der Waals surface area contributed by atoms with Gasteiger partial charge in [-0.1, -0.05) is 22.6 Å². The zero-order chi connectivity index (χ0) is 6.85. The number of alkyl halides is 1. The first kappa shape index (κ1) is 7.05. The Balaban J connectivity index is 2.85. The van der Waals surface area contributed by atoms with Gasteiger partial charge in [0.25, 0.3) is 0 Å². The first-order valence-electron chi connectivity index (χ1n) is 2.85. The van der Waals surface area contributed by atoms with Crippen LogP contribution in [0.1, 0.15) is 22.4 Å². The van der Waals surface area contributed by atoms with Crippen LogP contribution in [0.3, 0.4) is 0 Å². The molecule has 1 heterocycles. The largest absolute Gasteiger partial charge is 0.345 e. The molecule has 1 atom stereocenters. The third-order valence-electron chi connectivity index (χ3n) is 1.15. The molecule has 2 nitrogen and oxygen atoms in total. The zero-order valence-corrected chi connectivity index (χ0v) is 7.64. The molecule has 0 bridgehead atoms. The van der Waals surface area contributed by atoms with Gasteiger partial charge in [0.05, 0.1) is 0 Å². The lowest BCUT2D eigenvalue weighted by Crippen LogP contribution is -1.81. The smallest absolute Gasteiger partial charge is 0.103 e. The Hall–Kier alpha value is -0.0600. The van der Waals surface area contributed by atoms with Crippen LogP contribution in [0.15, 0.2) is 6.20 Å². The van der Waals surface area contributed by atoms with E-state index in [1.54, 1.807) is 0 Å². The van der Waals surface area contributed by atoms with E-state index in [0.29, 0.717) is 3.92 Å². The molecule has 0 fully saturated rings. The third-order valence-corrected chi connectivity index (χ3v) is 1.82. The maximum absolute atomic E-state index is 4.08. The maximum atomic E-state index is 4.08. The fourth-order valence-electron chi connectivity index (χ4n) is 0.642. The van der Waals surface area contributed by atoms with Crippen molar-refractivity contribution >= 4 is 22.6 Å². The van der Waals surface area contributed by atoms with Crippen LogP contribution in [0.2, 0.25) is 0 Å². The summed E-state index contributed by atoms with van der Waals surface area (Å²) in [5, 5.41) is 0. The van der Waals surface area contributed by atoms with Crippen LogP contribution in [0.4, 0.5) is 0 Å². The average Bonchev–Trinajstić information content (AvgIpc) is 2.14. The van der Waals surface area contributed by atoms with E-state index >= 15 is 0 Å². The number of aromatic amines is 1. The Morgan fingerprint density at radius 1 is 1.78 bits per heavy atom. The summed E-state index contributed by atoms with van der Waals surface area (Å²) in [4.78, 5) is 7.23. The molecule has 50 valence electrons. The molecule has 0 spiro atoms. The van der Waals surface area contributed by atoms with E-state index in [1.165, 1.54) is 5.69 Å². The van der Waals surface area contributed by atoms with Gasteiger partial charge in [0.1, 0.15) is 5.82 Å². The summed E-state index contributed by atoms with van der Waals surface area (Å²) in [7, 11) is 0. The second-order valence-corrected chi connectivity index (χ2v) is 3.91. The molecule has 0 aliphatic rings. The predicted octanol–water partition coefficient (Wildman–Crippen LogP) is 2.21. The molecule has 0 aliphatic heterocycles. The summed E-state index contributed by atoms with van der Waals surface area (Å²) in [5.41, 5.74) is 1.20. The van der Waals surface area contributed by atoms with E-state index in [1.807, 2.05) is 13.1 Å². The Morgan fingerprint density at radius 3 is 2.67 bits per heavy atom. The highest BCUT2D eigenvalue weighted by Crippen LogP contribution is 2.19. The second-order valence-electron chi connectivity index (χ2n) is 2.04. The molecule has 9 heavy (non-hydrogen) atoms. The van der Waals surface area contributed by atoms with E-state index in [-0.39, 0.29) is 0 Å². The van der Waals surface area contributed by atoms with Crippen molar-refractivity contribution in [1.29, 1.82) is 0 Å². The predicted molar refractivity (Wildman–Crippen MR) is 45.8 cm³/mol. The average molecular weight is 236 g/mol. The minimum Gasteiger partial charge on any atom is -0.345 e. The van der Waals surface area contributed by atoms with Gasteiger partial charge in [0.15, 0.2) is 0 Å². The van der Waals surface area contributed by atoms with Crippen LogP contribution in [0, 0.1) is 6.92 Å². The fraction of sp³-hybridized carbons (Fsp3) is 0.500. The highest BCUT2D eigenvalue weighted by molar-refractivity contribution is 14.1. The van der Waals surface area contributed by atoms with Gasteiger partial charge in [-0.15, -0.1) is 0 Å². The molecule has 1 unspecified atom stereocenters. The van der Waals surface area contributed by atoms with Crippen LogP contribution >= 0.6 is 22.6 Å². The Bertz CT molecular complexity index is 193. The number of H-pyrrole nitrogens is 1. The maximum Gasteiger partial charge on any atom is 0.103 e. The number of nitrogens with zero attached hydrogens (tertiary/aromatic N) is 1. The third kappa shape index (κ3) is 1.67. The lowest BCUT2D eigenvalue weighted by atomic mass is 10.4. The van der Waals surface area contributed by atoms with Crippen LogP contribution < -0.4 is 0 Å². The molecule has 0 amide bonds. The van der Waals surface area contributed by atoms with Crippen LogP contribution in [-0.2, 0) is 0 Å². The van der Waals surface area contributed by atoms with Crippen LogP contribution in [0.5, 0.6) is 0 Å². The van der Waals surface area contributed by atoms with Crippen molar-refractivity contribution in [2.24, 2.45) is 0 Å². The van der Waals surface area contributed by atoms with Crippen molar-refractivity contribution in [3.05, 3.63) is 17.7 Å². The van der Waals surface area contributed by atoms with E-state index in [9.17, 15) is 0 Å². The molecule has 0 saturated heterocycles. The molecule has 1 N–H and O–H groups in total. The molecule has 0 aliphatic carbocycles.